The molecule has 0 saturated carbocycles. The van der Waals surface area contributed by atoms with Gasteiger partial charge >= 0.3 is 5.97 Å². The Balaban J connectivity index is 2.55. The number of aromatic carboxylic acids is 1. The van der Waals surface area contributed by atoms with E-state index < -0.39 is 5.97 Å². The largest absolute Gasteiger partial charge is 0.478 e. The molecular weight excluding hydrogens is 252 g/mol. The number of aryl methyl sites for hydroxylation is 2. The molecule has 0 aliphatic rings. The second-order valence-corrected chi connectivity index (χ2v) is 4.71. The van der Waals surface area contributed by atoms with Crippen molar-refractivity contribution in [3.63, 3.8) is 0 Å². The van der Waals surface area contributed by atoms with Crippen molar-refractivity contribution < 1.29 is 9.90 Å². The molecule has 0 aliphatic carbocycles. The van der Waals surface area contributed by atoms with Crippen LogP contribution in [-0.4, -0.2) is 22.6 Å². The Morgan fingerprint density at radius 1 is 1.20 bits per heavy atom. The summed E-state index contributed by atoms with van der Waals surface area (Å²) in [5, 5.41) is 9.42. The Morgan fingerprint density at radius 3 is 2.40 bits per heavy atom. The zero-order valence-electron chi connectivity index (χ0n) is 11.9. The number of aromatic nitrogens is 1. The molecule has 20 heavy (non-hydrogen) atoms. The number of pyridine rings is 1. The van der Waals surface area contributed by atoms with Crippen LogP contribution in [0.1, 0.15) is 28.4 Å². The van der Waals surface area contributed by atoms with E-state index in [-0.39, 0.29) is 5.56 Å². The van der Waals surface area contributed by atoms with Crippen molar-refractivity contribution in [2.75, 3.05) is 11.4 Å². The molecule has 2 aromatic rings. The summed E-state index contributed by atoms with van der Waals surface area (Å²) in [5.74, 6) is -0.458. The average Bonchev–Trinajstić information content (AvgIpc) is 2.41. The number of carboxylic acid groups (broad SMARTS) is 1. The number of hydrogen-bond donors (Lipinski definition) is 1. The summed E-state index contributed by atoms with van der Waals surface area (Å²) in [6, 6.07) is 9.70. The van der Waals surface area contributed by atoms with Crippen molar-refractivity contribution >= 4 is 17.5 Å². The zero-order valence-corrected chi connectivity index (χ0v) is 11.9. The van der Waals surface area contributed by atoms with Gasteiger partial charge in [0, 0.05) is 18.4 Å². The van der Waals surface area contributed by atoms with Gasteiger partial charge in [-0.25, -0.2) is 9.78 Å². The van der Waals surface area contributed by atoms with Crippen molar-refractivity contribution in [3.05, 3.63) is 53.2 Å². The van der Waals surface area contributed by atoms with Gasteiger partial charge in [0.2, 0.25) is 0 Å². The van der Waals surface area contributed by atoms with Crippen LogP contribution in [0.15, 0.2) is 36.5 Å². The monoisotopic (exact) mass is 270 g/mol. The summed E-state index contributed by atoms with van der Waals surface area (Å²) in [4.78, 5) is 17.7. The van der Waals surface area contributed by atoms with E-state index >= 15 is 0 Å². The van der Waals surface area contributed by atoms with Crippen LogP contribution in [-0.2, 0) is 0 Å². The van der Waals surface area contributed by atoms with E-state index in [0.29, 0.717) is 17.9 Å². The summed E-state index contributed by atoms with van der Waals surface area (Å²) in [6.07, 6.45) is 1.65. The molecule has 1 N–H and O–H groups in total. The van der Waals surface area contributed by atoms with Crippen molar-refractivity contribution in [1.29, 1.82) is 0 Å². The molecule has 0 atom stereocenters. The van der Waals surface area contributed by atoms with Crippen LogP contribution in [0, 0.1) is 13.8 Å². The molecule has 0 fully saturated rings. The number of rotatable bonds is 4. The highest BCUT2D eigenvalue weighted by molar-refractivity contribution is 5.96. The van der Waals surface area contributed by atoms with Crippen LogP contribution >= 0.6 is 0 Å². The predicted molar refractivity (Wildman–Crippen MR) is 79.8 cm³/mol. The predicted octanol–water partition coefficient (Wildman–Crippen LogP) is 3.55. The molecule has 1 aromatic heterocycles. The maximum Gasteiger partial charge on any atom is 0.339 e. The fourth-order valence-electron chi connectivity index (χ4n) is 2.19. The Labute approximate surface area is 118 Å². The summed E-state index contributed by atoms with van der Waals surface area (Å²) >= 11 is 0. The minimum atomic E-state index is -0.948. The number of benzene rings is 1. The van der Waals surface area contributed by atoms with E-state index in [9.17, 15) is 9.90 Å². The highest BCUT2D eigenvalue weighted by atomic mass is 16.4. The third kappa shape index (κ3) is 2.64. The summed E-state index contributed by atoms with van der Waals surface area (Å²) in [7, 11) is 0. The van der Waals surface area contributed by atoms with Gasteiger partial charge in [-0.15, -0.1) is 0 Å². The highest BCUT2D eigenvalue weighted by Crippen LogP contribution is 2.28. The molecular formula is C16H18N2O2. The van der Waals surface area contributed by atoms with Gasteiger partial charge in [0.15, 0.2) is 0 Å². The zero-order chi connectivity index (χ0) is 14.7. The van der Waals surface area contributed by atoms with Crippen LogP contribution in [0.4, 0.5) is 11.5 Å². The Morgan fingerprint density at radius 2 is 1.85 bits per heavy atom. The number of carbonyl (C=O) groups is 1. The molecule has 0 saturated heterocycles. The number of hydrogen-bond acceptors (Lipinski definition) is 3. The molecule has 4 heteroatoms. The van der Waals surface area contributed by atoms with Gasteiger partial charge in [-0.3, -0.25) is 0 Å². The molecule has 0 radical (unpaired) electrons. The lowest BCUT2D eigenvalue weighted by molar-refractivity contribution is 0.0696. The first-order valence-electron chi connectivity index (χ1n) is 6.57. The minimum absolute atomic E-state index is 0.259. The average molecular weight is 270 g/mol. The Bertz CT molecular complexity index is 621. The molecule has 0 bridgehead atoms. The van der Waals surface area contributed by atoms with Crippen LogP contribution < -0.4 is 4.90 Å². The molecule has 0 spiro atoms. The van der Waals surface area contributed by atoms with Crippen LogP contribution in [0.2, 0.25) is 0 Å². The van der Waals surface area contributed by atoms with Crippen molar-refractivity contribution in [3.8, 4) is 0 Å². The quantitative estimate of drug-likeness (QED) is 0.923. The van der Waals surface area contributed by atoms with E-state index in [1.54, 1.807) is 19.2 Å². The highest BCUT2D eigenvalue weighted by Gasteiger charge is 2.19. The lowest BCUT2D eigenvalue weighted by atomic mass is 10.1. The summed E-state index contributed by atoms with van der Waals surface area (Å²) < 4.78 is 0. The summed E-state index contributed by atoms with van der Waals surface area (Å²) in [5.41, 5.74) is 3.09. The molecule has 1 heterocycles. The first kappa shape index (κ1) is 14.1. The minimum Gasteiger partial charge on any atom is -0.478 e. The third-order valence-electron chi connectivity index (χ3n) is 3.27. The van der Waals surface area contributed by atoms with E-state index in [0.717, 1.165) is 5.69 Å². The molecule has 2 rings (SSSR count). The van der Waals surface area contributed by atoms with E-state index in [4.69, 9.17) is 0 Å². The molecule has 104 valence electrons. The van der Waals surface area contributed by atoms with Gasteiger partial charge in [0.05, 0.1) is 0 Å². The van der Waals surface area contributed by atoms with Crippen LogP contribution in [0.5, 0.6) is 0 Å². The fraction of sp³-hybridized carbons (Fsp3) is 0.250. The molecule has 0 amide bonds. The van der Waals surface area contributed by atoms with Crippen LogP contribution in [0.25, 0.3) is 0 Å². The van der Waals surface area contributed by atoms with E-state index in [1.165, 1.54) is 5.56 Å². The van der Waals surface area contributed by atoms with Crippen molar-refractivity contribution in [2.45, 2.75) is 20.8 Å². The van der Waals surface area contributed by atoms with Gasteiger partial charge in [-0.1, -0.05) is 17.7 Å². The maximum atomic E-state index is 11.5. The Kier molecular flexibility index (Phi) is 4.03. The normalized spacial score (nSPS) is 10.3. The van der Waals surface area contributed by atoms with Gasteiger partial charge in [-0.2, -0.15) is 0 Å². The lowest BCUT2D eigenvalue weighted by Crippen LogP contribution is -2.21. The summed E-state index contributed by atoms with van der Waals surface area (Å²) in [6.45, 7) is 6.45. The van der Waals surface area contributed by atoms with Gasteiger partial charge in [-0.05, 0) is 44.5 Å². The molecule has 1 aromatic carbocycles. The lowest BCUT2D eigenvalue weighted by Gasteiger charge is -2.24. The van der Waals surface area contributed by atoms with Gasteiger partial charge in [0.1, 0.15) is 11.4 Å². The molecule has 0 unspecified atom stereocenters. The second kappa shape index (κ2) is 5.74. The smallest absolute Gasteiger partial charge is 0.339 e. The Hall–Kier alpha value is -2.36. The number of nitrogens with zero attached hydrogens (tertiary/aromatic N) is 2. The van der Waals surface area contributed by atoms with Gasteiger partial charge < -0.3 is 10.0 Å². The van der Waals surface area contributed by atoms with Crippen LogP contribution in [0.3, 0.4) is 0 Å². The van der Waals surface area contributed by atoms with E-state index in [1.807, 2.05) is 43.0 Å². The van der Waals surface area contributed by atoms with Gasteiger partial charge in [0.25, 0.3) is 0 Å². The van der Waals surface area contributed by atoms with E-state index in [2.05, 4.69) is 4.98 Å². The number of carboxylic acids is 1. The number of anilines is 2. The SMILES string of the molecule is CCN(c1ccc(C)cc1)c1nccc(C)c1C(=O)O. The van der Waals surface area contributed by atoms with Crippen molar-refractivity contribution in [1.82, 2.24) is 4.98 Å². The maximum absolute atomic E-state index is 11.5. The standard InChI is InChI=1S/C16H18N2O2/c1-4-18(13-7-5-11(2)6-8-13)15-14(16(19)20)12(3)9-10-17-15/h5-10H,4H2,1-3H3,(H,19,20). The molecule has 4 nitrogen and oxygen atoms in total. The fourth-order valence-corrected chi connectivity index (χ4v) is 2.19. The third-order valence-corrected chi connectivity index (χ3v) is 3.27. The van der Waals surface area contributed by atoms with Crippen molar-refractivity contribution in [2.24, 2.45) is 0 Å². The first-order valence-corrected chi connectivity index (χ1v) is 6.57. The molecule has 0 aliphatic heterocycles. The second-order valence-electron chi connectivity index (χ2n) is 4.71. The first-order chi connectivity index (χ1) is 9.54. The topological polar surface area (TPSA) is 53.4 Å².